The summed E-state index contributed by atoms with van der Waals surface area (Å²) in [7, 11) is 0. The molecule has 0 bridgehead atoms. The summed E-state index contributed by atoms with van der Waals surface area (Å²) in [6.07, 6.45) is 1.32. The SMILES string of the molecule is CCN(CC)c1ccc(NC(=O)C2(C#N)CC(C)C2)cc1. The molecule has 2 rings (SSSR count). The quantitative estimate of drug-likeness (QED) is 0.902. The van der Waals surface area contributed by atoms with Gasteiger partial charge in [-0.2, -0.15) is 5.26 Å². The number of carbonyl (C=O) groups is 1. The molecular weight excluding hydrogens is 262 g/mol. The molecule has 0 spiro atoms. The first kappa shape index (κ1) is 15.4. The van der Waals surface area contributed by atoms with Crippen molar-refractivity contribution in [2.45, 2.75) is 33.6 Å². The fourth-order valence-corrected chi connectivity index (χ4v) is 3.05. The summed E-state index contributed by atoms with van der Waals surface area (Å²) in [5, 5.41) is 12.1. The lowest BCUT2D eigenvalue weighted by Gasteiger charge is -2.39. The van der Waals surface area contributed by atoms with E-state index in [0.717, 1.165) is 24.5 Å². The molecule has 1 aromatic carbocycles. The van der Waals surface area contributed by atoms with Crippen molar-refractivity contribution < 1.29 is 4.79 Å². The van der Waals surface area contributed by atoms with Gasteiger partial charge in [0.15, 0.2) is 0 Å². The van der Waals surface area contributed by atoms with Crippen LogP contribution in [0, 0.1) is 22.7 Å². The van der Waals surface area contributed by atoms with Crippen LogP contribution in [0.25, 0.3) is 0 Å². The monoisotopic (exact) mass is 285 g/mol. The highest BCUT2D eigenvalue weighted by molar-refractivity contribution is 5.98. The molecule has 21 heavy (non-hydrogen) atoms. The molecule has 1 aliphatic rings. The average molecular weight is 285 g/mol. The van der Waals surface area contributed by atoms with Crippen LogP contribution in [0.5, 0.6) is 0 Å². The molecule has 0 atom stereocenters. The third-order valence-corrected chi connectivity index (χ3v) is 4.30. The van der Waals surface area contributed by atoms with Gasteiger partial charge in [-0.1, -0.05) is 6.92 Å². The molecule has 1 amide bonds. The maximum absolute atomic E-state index is 12.3. The van der Waals surface area contributed by atoms with Crippen molar-refractivity contribution in [1.29, 1.82) is 5.26 Å². The fraction of sp³-hybridized carbons (Fsp3) is 0.529. The first-order chi connectivity index (χ1) is 10.0. The van der Waals surface area contributed by atoms with Gasteiger partial charge in [0, 0.05) is 24.5 Å². The zero-order valence-corrected chi connectivity index (χ0v) is 13.0. The summed E-state index contributed by atoms with van der Waals surface area (Å²) in [6, 6.07) is 10.0. The van der Waals surface area contributed by atoms with E-state index >= 15 is 0 Å². The standard InChI is InChI=1S/C17H23N3O/c1-4-20(5-2)15-8-6-14(7-9-15)19-16(21)17(12-18)10-13(3)11-17/h6-9,13H,4-5,10-11H2,1-3H3,(H,19,21). The van der Waals surface area contributed by atoms with Crippen LogP contribution in [0.15, 0.2) is 24.3 Å². The topological polar surface area (TPSA) is 56.1 Å². The molecule has 0 aromatic heterocycles. The van der Waals surface area contributed by atoms with E-state index in [1.807, 2.05) is 24.3 Å². The summed E-state index contributed by atoms with van der Waals surface area (Å²) in [6.45, 7) is 8.22. The smallest absolute Gasteiger partial charge is 0.244 e. The molecule has 4 nitrogen and oxygen atoms in total. The normalized spacial score (nSPS) is 23.8. The molecule has 0 aliphatic heterocycles. The fourth-order valence-electron chi connectivity index (χ4n) is 3.05. The van der Waals surface area contributed by atoms with Gasteiger partial charge in [0.2, 0.25) is 5.91 Å². The minimum absolute atomic E-state index is 0.168. The Morgan fingerprint density at radius 3 is 2.33 bits per heavy atom. The zero-order valence-electron chi connectivity index (χ0n) is 13.0. The first-order valence-corrected chi connectivity index (χ1v) is 7.62. The van der Waals surface area contributed by atoms with Crippen LogP contribution in [0.4, 0.5) is 11.4 Å². The Morgan fingerprint density at radius 1 is 1.33 bits per heavy atom. The van der Waals surface area contributed by atoms with E-state index in [1.54, 1.807) is 0 Å². The van der Waals surface area contributed by atoms with Gasteiger partial charge < -0.3 is 10.2 Å². The largest absolute Gasteiger partial charge is 0.372 e. The summed E-state index contributed by atoms with van der Waals surface area (Å²) < 4.78 is 0. The Hall–Kier alpha value is -2.02. The van der Waals surface area contributed by atoms with Gasteiger partial charge >= 0.3 is 0 Å². The van der Waals surface area contributed by atoms with Crippen molar-refractivity contribution in [3.8, 4) is 6.07 Å². The molecule has 0 heterocycles. The minimum atomic E-state index is -0.822. The summed E-state index contributed by atoms with van der Waals surface area (Å²) in [5.74, 6) is 0.291. The number of amides is 1. The first-order valence-electron chi connectivity index (χ1n) is 7.62. The molecule has 0 saturated heterocycles. The highest BCUT2D eigenvalue weighted by Crippen LogP contribution is 2.45. The average Bonchev–Trinajstić information content (AvgIpc) is 2.46. The van der Waals surface area contributed by atoms with Gasteiger partial charge in [0.25, 0.3) is 0 Å². The lowest BCUT2D eigenvalue weighted by molar-refractivity contribution is -0.128. The third-order valence-electron chi connectivity index (χ3n) is 4.30. The molecule has 1 saturated carbocycles. The predicted molar refractivity (Wildman–Crippen MR) is 85.1 cm³/mol. The second kappa shape index (κ2) is 6.17. The lowest BCUT2D eigenvalue weighted by atomic mass is 9.63. The number of hydrogen-bond acceptors (Lipinski definition) is 3. The maximum Gasteiger partial charge on any atom is 0.244 e. The molecule has 112 valence electrons. The molecule has 0 radical (unpaired) electrons. The lowest BCUT2D eigenvalue weighted by Crippen LogP contribution is -2.45. The Labute approximate surface area is 126 Å². The number of nitrogens with one attached hydrogen (secondary N) is 1. The zero-order chi connectivity index (χ0) is 15.5. The number of carbonyl (C=O) groups excluding carboxylic acids is 1. The Bertz CT molecular complexity index is 534. The Morgan fingerprint density at radius 2 is 1.90 bits per heavy atom. The van der Waals surface area contributed by atoms with Crippen LogP contribution in [0.1, 0.15) is 33.6 Å². The van der Waals surface area contributed by atoms with E-state index in [1.165, 1.54) is 0 Å². The third kappa shape index (κ3) is 3.02. The molecule has 1 N–H and O–H groups in total. The van der Waals surface area contributed by atoms with Crippen LogP contribution < -0.4 is 10.2 Å². The second-order valence-corrected chi connectivity index (χ2v) is 5.88. The van der Waals surface area contributed by atoms with Crippen molar-refractivity contribution >= 4 is 17.3 Å². The van der Waals surface area contributed by atoms with Crippen molar-refractivity contribution in [2.75, 3.05) is 23.3 Å². The molecular formula is C17H23N3O. The number of anilines is 2. The molecule has 4 heteroatoms. The van der Waals surface area contributed by atoms with Crippen LogP contribution in [0.2, 0.25) is 0 Å². The molecule has 1 fully saturated rings. The van der Waals surface area contributed by atoms with E-state index in [-0.39, 0.29) is 5.91 Å². The summed E-state index contributed by atoms with van der Waals surface area (Å²) in [4.78, 5) is 14.5. The van der Waals surface area contributed by atoms with Gasteiger partial charge in [-0.25, -0.2) is 0 Å². The number of nitrogens with zero attached hydrogens (tertiary/aromatic N) is 2. The number of nitriles is 1. The highest BCUT2D eigenvalue weighted by Gasteiger charge is 2.48. The number of benzene rings is 1. The predicted octanol–water partition coefficient (Wildman–Crippen LogP) is 3.41. The number of rotatable bonds is 5. The van der Waals surface area contributed by atoms with Crippen molar-refractivity contribution in [1.82, 2.24) is 0 Å². The maximum atomic E-state index is 12.3. The molecule has 0 unspecified atom stereocenters. The van der Waals surface area contributed by atoms with Gasteiger partial charge in [-0.05, 0) is 56.9 Å². The van der Waals surface area contributed by atoms with Crippen LogP contribution in [-0.4, -0.2) is 19.0 Å². The Kier molecular flexibility index (Phi) is 4.52. The van der Waals surface area contributed by atoms with Crippen molar-refractivity contribution in [3.05, 3.63) is 24.3 Å². The molecule has 1 aliphatic carbocycles. The van der Waals surface area contributed by atoms with E-state index in [0.29, 0.717) is 18.8 Å². The Balaban J connectivity index is 2.04. The summed E-state index contributed by atoms with van der Waals surface area (Å²) >= 11 is 0. The van der Waals surface area contributed by atoms with E-state index < -0.39 is 5.41 Å². The van der Waals surface area contributed by atoms with Gasteiger partial charge in [-0.15, -0.1) is 0 Å². The van der Waals surface area contributed by atoms with Gasteiger partial charge in [0.1, 0.15) is 5.41 Å². The van der Waals surface area contributed by atoms with E-state index in [4.69, 9.17) is 0 Å². The minimum Gasteiger partial charge on any atom is -0.372 e. The van der Waals surface area contributed by atoms with Crippen molar-refractivity contribution in [3.63, 3.8) is 0 Å². The van der Waals surface area contributed by atoms with Crippen LogP contribution in [-0.2, 0) is 4.79 Å². The van der Waals surface area contributed by atoms with E-state index in [9.17, 15) is 10.1 Å². The van der Waals surface area contributed by atoms with Crippen molar-refractivity contribution in [2.24, 2.45) is 11.3 Å². The molecule has 1 aromatic rings. The van der Waals surface area contributed by atoms with Gasteiger partial charge in [0.05, 0.1) is 6.07 Å². The second-order valence-electron chi connectivity index (χ2n) is 5.88. The highest BCUT2D eigenvalue weighted by atomic mass is 16.2. The summed E-state index contributed by atoms with van der Waals surface area (Å²) in [5.41, 5.74) is 1.08. The van der Waals surface area contributed by atoms with Crippen LogP contribution in [0.3, 0.4) is 0 Å². The van der Waals surface area contributed by atoms with Crippen LogP contribution >= 0.6 is 0 Å². The van der Waals surface area contributed by atoms with E-state index in [2.05, 4.69) is 37.1 Å². The number of hydrogen-bond donors (Lipinski definition) is 1. The van der Waals surface area contributed by atoms with Gasteiger partial charge in [-0.3, -0.25) is 4.79 Å².